The molecular weight excluding hydrogens is 337 g/mol. The summed E-state index contributed by atoms with van der Waals surface area (Å²) in [5.41, 5.74) is 1.04. The number of piperidine rings is 1. The van der Waals surface area contributed by atoms with Gasteiger partial charge in [-0.2, -0.15) is 0 Å². The quantitative estimate of drug-likeness (QED) is 0.698. The molecule has 0 atom stereocenters. The third kappa shape index (κ3) is 3.31. The van der Waals surface area contributed by atoms with Crippen molar-refractivity contribution in [2.75, 3.05) is 25.1 Å². The van der Waals surface area contributed by atoms with E-state index < -0.39 is 0 Å². The molecule has 1 fully saturated rings. The van der Waals surface area contributed by atoms with Gasteiger partial charge in [-0.05, 0) is 54.3 Å². The fourth-order valence-corrected chi connectivity index (χ4v) is 4.28. The van der Waals surface area contributed by atoms with Gasteiger partial charge in [0.25, 0.3) is 0 Å². The minimum absolute atomic E-state index is 0.279. The second-order valence-corrected chi connectivity index (χ2v) is 7.33. The first-order chi connectivity index (χ1) is 12.2. The molecule has 0 saturated carbocycles. The first-order valence-corrected chi connectivity index (χ1v) is 9.38. The number of nitrogens with zero attached hydrogens (tertiary/aromatic N) is 3. The highest BCUT2D eigenvalue weighted by molar-refractivity contribution is 7.16. The minimum Gasteiger partial charge on any atom is -0.494 e. The topological polar surface area (TPSA) is 38.2 Å². The molecule has 1 aromatic carbocycles. The number of thiophene rings is 1. The number of ether oxygens (including phenoxy) is 1. The highest BCUT2D eigenvalue weighted by Gasteiger charge is 2.22. The van der Waals surface area contributed by atoms with Crippen LogP contribution in [0, 0.1) is 11.7 Å². The van der Waals surface area contributed by atoms with Crippen LogP contribution in [0.3, 0.4) is 0 Å². The number of benzene rings is 1. The Balaban J connectivity index is 1.41. The molecule has 6 heteroatoms. The minimum atomic E-state index is -0.279. The van der Waals surface area contributed by atoms with Gasteiger partial charge in [-0.3, -0.25) is 0 Å². The van der Waals surface area contributed by atoms with Crippen molar-refractivity contribution in [1.29, 1.82) is 0 Å². The number of rotatable bonds is 4. The third-order valence-corrected chi connectivity index (χ3v) is 5.72. The van der Waals surface area contributed by atoms with Crippen LogP contribution in [-0.2, 0) is 6.42 Å². The van der Waals surface area contributed by atoms with Crippen molar-refractivity contribution in [1.82, 2.24) is 9.97 Å². The van der Waals surface area contributed by atoms with Gasteiger partial charge in [0.2, 0.25) is 0 Å². The van der Waals surface area contributed by atoms with Crippen LogP contribution in [0.2, 0.25) is 0 Å². The molecule has 3 heterocycles. The van der Waals surface area contributed by atoms with E-state index in [-0.39, 0.29) is 5.82 Å². The highest BCUT2D eigenvalue weighted by Crippen LogP contribution is 2.31. The molecule has 1 saturated heterocycles. The summed E-state index contributed by atoms with van der Waals surface area (Å²) in [6, 6.07) is 7.38. The van der Waals surface area contributed by atoms with Crippen molar-refractivity contribution in [2.24, 2.45) is 5.92 Å². The first kappa shape index (κ1) is 16.3. The van der Waals surface area contributed by atoms with Crippen LogP contribution in [0.15, 0.2) is 36.0 Å². The number of anilines is 1. The van der Waals surface area contributed by atoms with Crippen LogP contribution in [0.4, 0.5) is 10.2 Å². The molecule has 4 nitrogen and oxygen atoms in total. The van der Waals surface area contributed by atoms with E-state index >= 15 is 0 Å². The Morgan fingerprint density at radius 2 is 2.08 bits per heavy atom. The molecule has 0 radical (unpaired) electrons. The second-order valence-electron chi connectivity index (χ2n) is 6.44. The van der Waals surface area contributed by atoms with Gasteiger partial charge in [0.05, 0.1) is 12.5 Å². The summed E-state index contributed by atoms with van der Waals surface area (Å²) in [6.07, 6.45) is 4.74. The predicted molar refractivity (Wildman–Crippen MR) is 99.0 cm³/mol. The summed E-state index contributed by atoms with van der Waals surface area (Å²) >= 11 is 1.65. The van der Waals surface area contributed by atoms with Gasteiger partial charge in [0, 0.05) is 13.1 Å². The van der Waals surface area contributed by atoms with Crippen molar-refractivity contribution in [3.8, 4) is 5.75 Å². The average molecular weight is 357 g/mol. The lowest BCUT2D eigenvalue weighted by molar-refractivity contribution is 0.383. The van der Waals surface area contributed by atoms with E-state index in [4.69, 9.17) is 4.74 Å². The Labute approximate surface area is 150 Å². The lowest BCUT2D eigenvalue weighted by Gasteiger charge is -2.33. The van der Waals surface area contributed by atoms with Gasteiger partial charge >= 0.3 is 0 Å². The fraction of sp³-hybridized carbons (Fsp3) is 0.368. The first-order valence-electron chi connectivity index (χ1n) is 8.50. The van der Waals surface area contributed by atoms with Crippen molar-refractivity contribution < 1.29 is 9.13 Å². The number of halogens is 1. The number of hydrogen-bond donors (Lipinski definition) is 0. The third-order valence-electron chi connectivity index (χ3n) is 4.90. The molecule has 130 valence electrons. The van der Waals surface area contributed by atoms with Crippen molar-refractivity contribution in [3.63, 3.8) is 0 Å². The van der Waals surface area contributed by atoms with Crippen molar-refractivity contribution in [3.05, 3.63) is 47.4 Å². The van der Waals surface area contributed by atoms with Crippen LogP contribution >= 0.6 is 11.3 Å². The van der Waals surface area contributed by atoms with Crippen LogP contribution in [0.5, 0.6) is 5.75 Å². The maximum Gasteiger partial charge on any atom is 0.165 e. The Kier molecular flexibility index (Phi) is 4.53. The molecule has 3 aromatic rings. The van der Waals surface area contributed by atoms with Crippen molar-refractivity contribution >= 4 is 27.4 Å². The molecule has 25 heavy (non-hydrogen) atoms. The van der Waals surface area contributed by atoms with Gasteiger partial charge < -0.3 is 9.64 Å². The monoisotopic (exact) mass is 357 g/mol. The molecule has 0 spiro atoms. The number of hydrogen-bond acceptors (Lipinski definition) is 5. The van der Waals surface area contributed by atoms with Gasteiger partial charge in [0.1, 0.15) is 17.0 Å². The van der Waals surface area contributed by atoms with Gasteiger partial charge in [-0.25, -0.2) is 14.4 Å². The molecule has 1 aliphatic rings. The summed E-state index contributed by atoms with van der Waals surface area (Å²) < 4.78 is 18.8. The second kappa shape index (κ2) is 6.96. The Hall–Kier alpha value is -2.21. The van der Waals surface area contributed by atoms with E-state index in [0.29, 0.717) is 11.7 Å². The Morgan fingerprint density at radius 1 is 1.24 bits per heavy atom. The van der Waals surface area contributed by atoms with E-state index in [2.05, 4.69) is 26.3 Å². The molecule has 1 aliphatic heterocycles. The zero-order valence-electron chi connectivity index (χ0n) is 14.1. The molecule has 4 rings (SSSR count). The maximum absolute atomic E-state index is 13.9. The Morgan fingerprint density at radius 3 is 2.84 bits per heavy atom. The fourth-order valence-electron chi connectivity index (χ4n) is 3.55. The normalized spacial score (nSPS) is 15.7. The van der Waals surface area contributed by atoms with Gasteiger partial charge in [-0.1, -0.05) is 6.07 Å². The standard InChI is InChI=1S/C19H20FN3OS/c1-24-17-3-2-14(11-16(17)20)10-13-4-7-23(8-5-13)18-15-6-9-25-19(15)22-12-21-18/h2-3,6,9,11-13H,4-5,7-8,10H2,1H3. The van der Waals surface area contributed by atoms with Gasteiger partial charge in [-0.15, -0.1) is 11.3 Å². The van der Waals surface area contributed by atoms with E-state index in [1.807, 2.05) is 6.07 Å². The lowest BCUT2D eigenvalue weighted by atomic mass is 9.90. The molecular formula is C19H20FN3OS. The van der Waals surface area contributed by atoms with Crippen molar-refractivity contribution in [2.45, 2.75) is 19.3 Å². The summed E-state index contributed by atoms with van der Waals surface area (Å²) in [6.45, 7) is 1.95. The number of methoxy groups -OCH3 is 1. The average Bonchev–Trinajstić information content (AvgIpc) is 3.11. The van der Waals surface area contributed by atoms with E-state index in [1.165, 1.54) is 7.11 Å². The van der Waals surface area contributed by atoms with E-state index in [1.54, 1.807) is 29.8 Å². The zero-order chi connectivity index (χ0) is 17.2. The van der Waals surface area contributed by atoms with E-state index in [0.717, 1.165) is 53.9 Å². The molecule has 0 N–H and O–H groups in total. The summed E-state index contributed by atoms with van der Waals surface area (Å²) in [5, 5.41) is 3.21. The van der Waals surface area contributed by atoms with Crippen LogP contribution in [-0.4, -0.2) is 30.2 Å². The molecule has 0 amide bonds. The highest BCUT2D eigenvalue weighted by atomic mass is 32.1. The smallest absolute Gasteiger partial charge is 0.165 e. The van der Waals surface area contributed by atoms with Crippen LogP contribution in [0.25, 0.3) is 10.2 Å². The lowest BCUT2D eigenvalue weighted by Crippen LogP contribution is -2.35. The van der Waals surface area contributed by atoms with Crippen LogP contribution in [0.1, 0.15) is 18.4 Å². The molecule has 0 bridgehead atoms. The summed E-state index contributed by atoms with van der Waals surface area (Å²) in [7, 11) is 1.49. The maximum atomic E-state index is 13.9. The SMILES string of the molecule is COc1ccc(CC2CCN(c3ncnc4sccc34)CC2)cc1F. The number of fused-ring (bicyclic) bond motifs is 1. The Bertz CT molecular complexity index is 874. The molecule has 2 aromatic heterocycles. The largest absolute Gasteiger partial charge is 0.494 e. The van der Waals surface area contributed by atoms with Gasteiger partial charge in [0.15, 0.2) is 11.6 Å². The predicted octanol–water partition coefficient (Wildman–Crippen LogP) is 4.30. The summed E-state index contributed by atoms with van der Waals surface area (Å²) in [5.74, 6) is 1.64. The molecule has 0 aliphatic carbocycles. The molecule has 0 unspecified atom stereocenters. The van der Waals surface area contributed by atoms with Crippen LogP contribution < -0.4 is 9.64 Å². The van der Waals surface area contributed by atoms with E-state index in [9.17, 15) is 4.39 Å². The number of aromatic nitrogens is 2. The summed E-state index contributed by atoms with van der Waals surface area (Å²) in [4.78, 5) is 12.2. The zero-order valence-corrected chi connectivity index (χ0v) is 14.9.